The standard InChI is InChI=1S/C14H22N2O/c1-12-3-2-4-13(11-12)14(5-10-17)16-8-6-15-7-9-16/h2-4,11,14-15,17H,5-10H2,1H3/t14-/m0/s1. The van der Waals surface area contributed by atoms with Gasteiger partial charge in [0.2, 0.25) is 0 Å². The third-order valence-corrected chi connectivity index (χ3v) is 3.42. The predicted octanol–water partition coefficient (Wildman–Crippen LogP) is 1.32. The molecular weight excluding hydrogens is 212 g/mol. The first-order valence-corrected chi connectivity index (χ1v) is 6.43. The molecule has 1 heterocycles. The van der Waals surface area contributed by atoms with Crippen molar-refractivity contribution in [1.82, 2.24) is 10.2 Å². The van der Waals surface area contributed by atoms with E-state index in [4.69, 9.17) is 0 Å². The van der Waals surface area contributed by atoms with E-state index < -0.39 is 0 Å². The quantitative estimate of drug-likeness (QED) is 0.825. The maximum absolute atomic E-state index is 9.26. The molecule has 0 spiro atoms. The molecule has 0 saturated carbocycles. The second-order valence-corrected chi connectivity index (χ2v) is 4.73. The van der Waals surface area contributed by atoms with Crippen LogP contribution in [0.4, 0.5) is 0 Å². The number of nitrogens with one attached hydrogen (secondary N) is 1. The zero-order valence-electron chi connectivity index (χ0n) is 10.5. The molecule has 94 valence electrons. The van der Waals surface area contributed by atoms with Gasteiger partial charge in [0.25, 0.3) is 0 Å². The zero-order chi connectivity index (χ0) is 12.1. The van der Waals surface area contributed by atoms with Gasteiger partial charge in [-0.25, -0.2) is 0 Å². The zero-order valence-corrected chi connectivity index (χ0v) is 10.5. The van der Waals surface area contributed by atoms with Crippen LogP contribution < -0.4 is 5.32 Å². The Bertz CT molecular complexity index is 348. The summed E-state index contributed by atoms with van der Waals surface area (Å²) < 4.78 is 0. The lowest BCUT2D eigenvalue weighted by Gasteiger charge is -2.35. The highest BCUT2D eigenvalue weighted by molar-refractivity contribution is 5.25. The van der Waals surface area contributed by atoms with Crippen LogP contribution in [-0.4, -0.2) is 42.8 Å². The molecule has 1 aliphatic rings. The number of hydrogen-bond acceptors (Lipinski definition) is 3. The Morgan fingerprint density at radius 3 is 2.76 bits per heavy atom. The van der Waals surface area contributed by atoms with Gasteiger partial charge in [-0.05, 0) is 18.9 Å². The van der Waals surface area contributed by atoms with Crippen LogP contribution in [0.3, 0.4) is 0 Å². The second-order valence-electron chi connectivity index (χ2n) is 4.73. The van der Waals surface area contributed by atoms with E-state index >= 15 is 0 Å². The van der Waals surface area contributed by atoms with E-state index in [0.717, 1.165) is 32.6 Å². The molecular formula is C14H22N2O. The van der Waals surface area contributed by atoms with Crippen molar-refractivity contribution in [3.63, 3.8) is 0 Å². The number of aliphatic hydroxyl groups is 1. The van der Waals surface area contributed by atoms with Gasteiger partial charge in [-0.1, -0.05) is 29.8 Å². The maximum Gasteiger partial charge on any atom is 0.0449 e. The van der Waals surface area contributed by atoms with Crippen LogP contribution in [0, 0.1) is 6.92 Å². The molecule has 3 heteroatoms. The molecule has 1 atom stereocenters. The minimum absolute atomic E-state index is 0.253. The smallest absolute Gasteiger partial charge is 0.0449 e. The van der Waals surface area contributed by atoms with Crippen molar-refractivity contribution in [3.05, 3.63) is 35.4 Å². The van der Waals surface area contributed by atoms with Gasteiger partial charge < -0.3 is 10.4 Å². The molecule has 3 nitrogen and oxygen atoms in total. The molecule has 0 unspecified atom stereocenters. The summed E-state index contributed by atoms with van der Waals surface area (Å²) in [7, 11) is 0. The van der Waals surface area contributed by atoms with Gasteiger partial charge in [0.1, 0.15) is 0 Å². The van der Waals surface area contributed by atoms with Crippen LogP contribution in [0.2, 0.25) is 0 Å². The van der Waals surface area contributed by atoms with E-state index in [1.54, 1.807) is 0 Å². The molecule has 0 aliphatic carbocycles. The molecule has 2 rings (SSSR count). The summed E-state index contributed by atoms with van der Waals surface area (Å²) >= 11 is 0. The van der Waals surface area contributed by atoms with Gasteiger partial charge in [0.05, 0.1) is 0 Å². The highest BCUT2D eigenvalue weighted by Gasteiger charge is 2.21. The molecule has 1 aromatic carbocycles. The Labute approximate surface area is 103 Å². The summed E-state index contributed by atoms with van der Waals surface area (Å²) in [5, 5.41) is 12.6. The van der Waals surface area contributed by atoms with Crippen molar-refractivity contribution in [3.8, 4) is 0 Å². The van der Waals surface area contributed by atoms with E-state index in [1.807, 2.05) is 0 Å². The number of rotatable bonds is 4. The van der Waals surface area contributed by atoms with E-state index in [0.29, 0.717) is 6.04 Å². The molecule has 1 aromatic rings. The molecule has 1 fully saturated rings. The third-order valence-electron chi connectivity index (χ3n) is 3.42. The highest BCUT2D eigenvalue weighted by Crippen LogP contribution is 2.25. The highest BCUT2D eigenvalue weighted by atomic mass is 16.3. The summed E-state index contributed by atoms with van der Waals surface area (Å²) in [6.45, 7) is 6.61. The average molecular weight is 234 g/mol. The minimum Gasteiger partial charge on any atom is -0.396 e. The normalized spacial score (nSPS) is 19.2. The summed E-state index contributed by atoms with van der Waals surface area (Å²) in [4.78, 5) is 2.47. The number of hydrogen-bond donors (Lipinski definition) is 2. The fourth-order valence-electron chi connectivity index (χ4n) is 2.55. The average Bonchev–Trinajstić information content (AvgIpc) is 2.37. The Balaban J connectivity index is 2.15. The van der Waals surface area contributed by atoms with Crippen LogP contribution in [0.5, 0.6) is 0 Å². The number of aryl methyl sites for hydroxylation is 1. The lowest BCUT2D eigenvalue weighted by molar-refractivity contribution is 0.141. The van der Waals surface area contributed by atoms with Gasteiger partial charge in [0, 0.05) is 38.8 Å². The summed E-state index contributed by atoms with van der Waals surface area (Å²) in [5.74, 6) is 0. The third kappa shape index (κ3) is 3.28. The molecule has 2 N–H and O–H groups in total. The van der Waals surface area contributed by atoms with Gasteiger partial charge >= 0.3 is 0 Å². The Hall–Kier alpha value is -0.900. The molecule has 0 aromatic heterocycles. The molecule has 17 heavy (non-hydrogen) atoms. The second kappa shape index (κ2) is 6.15. The number of piperazine rings is 1. The molecule has 1 aliphatic heterocycles. The van der Waals surface area contributed by atoms with Crippen molar-refractivity contribution < 1.29 is 5.11 Å². The van der Waals surface area contributed by atoms with Crippen LogP contribution in [-0.2, 0) is 0 Å². The van der Waals surface area contributed by atoms with Crippen LogP contribution in [0.15, 0.2) is 24.3 Å². The summed E-state index contributed by atoms with van der Waals surface area (Å²) in [5.41, 5.74) is 2.63. The first-order valence-electron chi connectivity index (χ1n) is 6.43. The predicted molar refractivity (Wildman–Crippen MR) is 70.1 cm³/mol. The first-order chi connectivity index (χ1) is 8.31. The van der Waals surface area contributed by atoms with Crippen molar-refractivity contribution in [2.24, 2.45) is 0 Å². The lowest BCUT2D eigenvalue weighted by atomic mass is 10.00. The number of benzene rings is 1. The van der Waals surface area contributed by atoms with E-state index in [1.165, 1.54) is 11.1 Å². The summed E-state index contributed by atoms with van der Waals surface area (Å²) in [6, 6.07) is 9.01. The molecule has 0 bridgehead atoms. The van der Waals surface area contributed by atoms with Crippen LogP contribution >= 0.6 is 0 Å². The van der Waals surface area contributed by atoms with Crippen molar-refractivity contribution in [2.75, 3.05) is 32.8 Å². The molecule has 1 saturated heterocycles. The topological polar surface area (TPSA) is 35.5 Å². The first kappa shape index (κ1) is 12.6. The van der Waals surface area contributed by atoms with Crippen molar-refractivity contribution in [2.45, 2.75) is 19.4 Å². The summed E-state index contributed by atoms with van der Waals surface area (Å²) in [6.07, 6.45) is 0.823. The monoisotopic (exact) mass is 234 g/mol. The maximum atomic E-state index is 9.26. The Kier molecular flexibility index (Phi) is 4.54. The van der Waals surface area contributed by atoms with Crippen LogP contribution in [0.1, 0.15) is 23.6 Å². The SMILES string of the molecule is Cc1cccc([C@H](CCO)N2CCNCC2)c1. The molecule has 0 amide bonds. The van der Waals surface area contributed by atoms with Gasteiger partial charge in [-0.2, -0.15) is 0 Å². The number of aliphatic hydroxyl groups excluding tert-OH is 1. The van der Waals surface area contributed by atoms with Crippen molar-refractivity contribution >= 4 is 0 Å². The Morgan fingerprint density at radius 1 is 1.35 bits per heavy atom. The van der Waals surface area contributed by atoms with E-state index in [9.17, 15) is 5.11 Å². The minimum atomic E-state index is 0.253. The lowest BCUT2D eigenvalue weighted by Crippen LogP contribution is -2.45. The fourth-order valence-corrected chi connectivity index (χ4v) is 2.55. The Morgan fingerprint density at radius 2 is 2.12 bits per heavy atom. The van der Waals surface area contributed by atoms with E-state index in [2.05, 4.69) is 41.4 Å². The van der Waals surface area contributed by atoms with Crippen molar-refractivity contribution in [1.29, 1.82) is 0 Å². The van der Waals surface area contributed by atoms with Gasteiger partial charge in [0.15, 0.2) is 0 Å². The van der Waals surface area contributed by atoms with E-state index in [-0.39, 0.29) is 6.61 Å². The van der Waals surface area contributed by atoms with Crippen LogP contribution in [0.25, 0.3) is 0 Å². The van der Waals surface area contributed by atoms with Gasteiger partial charge in [-0.3, -0.25) is 4.90 Å². The molecule has 0 radical (unpaired) electrons. The fraction of sp³-hybridized carbons (Fsp3) is 0.571. The number of nitrogens with zero attached hydrogens (tertiary/aromatic N) is 1. The van der Waals surface area contributed by atoms with Gasteiger partial charge in [-0.15, -0.1) is 0 Å². The largest absolute Gasteiger partial charge is 0.396 e.